The second-order valence-corrected chi connectivity index (χ2v) is 11.4. The van der Waals surface area contributed by atoms with E-state index in [4.69, 9.17) is 27.9 Å². The van der Waals surface area contributed by atoms with Crippen LogP contribution >= 0.6 is 23.2 Å². The average Bonchev–Trinajstić information content (AvgIpc) is 2.92. The van der Waals surface area contributed by atoms with Gasteiger partial charge in [0.1, 0.15) is 0 Å². The van der Waals surface area contributed by atoms with Crippen molar-refractivity contribution in [2.45, 2.75) is 51.4 Å². The average molecular weight is 593 g/mol. The maximum atomic E-state index is 13.5. The molecule has 10 heteroatoms. The van der Waals surface area contributed by atoms with Crippen molar-refractivity contribution < 1.29 is 14.3 Å². The van der Waals surface area contributed by atoms with Crippen molar-refractivity contribution in [2.75, 3.05) is 58.9 Å². The van der Waals surface area contributed by atoms with Gasteiger partial charge in [-0.05, 0) is 56.8 Å². The maximum Gasteiger partial charge on any atom is 0.237 e. The molecule has 0 spiro atoms. The molecule has 2 aromatic carbocycles. The fourth-order valence-electron chi connectivity index (χ4n) is 5.14. The molecule has 2 N–H and O–H groups in total. The van der Waals surface area contributed by atoms with Gasteiger partial charge in [-0.1, -0.05) is 54.4 Å². The van der Waals surface area contributed by atoms with Crippen molar-refractivity contribution in [1.29, 1.82) is 0 Å². The topological polar surface area (TPSA) is 77.2 Å². The van der Waals surface area contributed by atoms with E-state index in [9.17, 15) is 9.59 Å². The monoisotopic (exact) mass is 591 g/mol. The Hall–Kier alpha value is -2.36. The lowest BCUT2D eigenvalue weighted by Gasteiger charge is -2.38. The van der Waals surface area contributed by atoms with Gasteiger partial charge in [0.15, 0.2) is 0 Å². The summed E-state index contributed by atoms with van der Waals surface area (Å²) < 4.78 is 5.24. The number of piperazine rings is 1. The first-order chi connectivity index (χ1) is 19.1. The molecule has 3 atom stereocenters. The third-order valence-electron chi connectivity index (χ3n) is 7.37. The van der Waals surface area contributed by atoms with Crippen molar-refractivity contribution in [1.82, 2.24) is 20.4 Å². The van der Waals surface area contributed by atoms with Crippen molar-refractivity contribution in [3.05, 3.63) is 63.6 Å². The number of carbonyl (C=O) groups is 2. The van der Waals surface area contributed by atoms with Crippen LogP contribution in [0.15, 0.2) is 42.5 Å². The lowest BCUT2D eigenvalue weighted by molar-refractivity contribution is -0.132. The van der Waals surface area contributed by atoms with E-state index >= 15 is 0 Å². The summed E-state index contributed by atoms with van der Waals surface area (Å²) in [7, 11) is 5.45. The fourth-order valence-corrected chi connectivity index (χ4v) is 5.68. The Balaban J connectivity index is 1.68. The molecule has 1 heterocycles. The van der Waals surface area contributed by atoms with Crippen LogP contribution in [0.5, 0.6) is 0 Å². The van der Waals surface area contributed by atoms with Gasteiger partial charge in [0.2, 0.25) is 11.8 Å². The van der Waals surface area contributed by atoms with Gasteiger partial charge in [0.25, 0.3) is 0 Å². The zero-order valence-corrected chi connectivity index (χ0v) is 25.8. The molecule has 0 radical (unpaired) electrons. The number of carbonyl (C=O) groups excluding carboxylic acids is 2. The normalized spacial score (nSPS) is 16.1. The number of benzene rings is 2. The molecule has 1 aliphatic rings. The van der Waals surface area contributed by atoms with Crippen LogP contribution in [0.4, 0.5) is 5.69 Å². The van der Waals surface area contributed by atoms with Crippen LogP contribution in [-0.2, 0) is 20.9 Å². The summed E-state index contributed by atoms with van der Waals surface area (Å²) in [5.41, 5.74) is 3.08. The first-order valence-corrected chi connectivity index (χ1v) is 14.6. The second kappa shape index (κ2) is 15.6. The predicted molar refractivity (Wildman–Crippen MR) is 163 cm³/mol. The Labute approximate surface area is 248 Å². The smallest absolute Gasteiger partial charge is 0.237 e. The summed E-state index contributed by atoms with van der Waals surface area (Å²) in [6, 6.07) is 12.9. The van der Waals surface area contributed by atoms with Crippen molar-refractivity contribution in [2.24, 2.45) is 0 Å². The molecule has 3 rings (SSSR count). The number of anilines is 1. The van der Waals surface area contributed by atoms with E-state index in [0.717, 1.165) is 19.6 Å². The van der Waals surface area contributed by atoms with Gasteiger partial charge in [0.05, 0.1) is 25.1 Å². The number of amides is 2. The Morgan fingerprint density at radius 2 is 1.77 bits per heavy atom. The van der Waals surface area contributed by atoms with Crippen molar-refractivity contribution in [3.63, 3.8) is 0 Å². The number of hydrogen-bond donors (Lipinski definition) is 2. The Kier molecular flexibility index (Phi) is 12.5. The van der Waals surface area contributed by atoms with E-state index in [1.54, 1.807) is 25.3 Å². The zero-order valence-electron chi connectivity index (χ0n) is 24.3. The van der Waals surface area contributed by atoms with Crippen LogP contribution in [0, 0.1) is 0 Å². The standard InChI is InChI=1S/C30H43Cl2N5O3/c1-6-27(35(3)4)30(39)34-26(24-12-11-23(31)17-25(24)32)18-29(38)37-15-13-36(14-16-37)28-10-8-7-9-22(28)19-33-21(2)20-40-5/h7-12,17,21,26-27,33H,6,13-16,18-20H2,1-5H3,(H,34,39). The number of nitrogens with one attached hydrogen (secondary N) is 2. The van der Waals surface area contributed by atoms with Crippen LogP contribution in [0.1, 0.15) is 43.9 Å². The number of rotatable bonds is 13. The van der Waals surface area contributed by atoms with Gasteiger partial charge < -0.3 is 25.2 Å². The highest BCUT2D eigenvalue weighted by Gasteiger charge is 2.29. The highest BCUT2D eigenvalue weighted by atomic mass is 35.5. The summed E-state index contributed by atoms with van der Waals surface area (Å²) in [4.78, 5) is 32.7. The van der Waals surface area contributed by atoms with Crippen LogP contribution in [0.2, 0.25) is 10.0 Å². The molecule has 2 amide bonds. The fraction of sp³-hybridized carbons (Fsp3) is 0.533. The minimum atomic E-state index is -0.558. The van der Waals surface area contributed by atoms with E-state index in [1.165, 1.54) is 11.3 Å². The zero-order chi connectivity index (χ0) is 29.2. The quantitative estimate of drug-likeness (QED) is 0.360. The summed E-state index contributed by atoms with van der Waals surface area (Å²) in [5, 5.41) is 7.53. The lowest BCUT2D eigenvalue weighted by Crippen LogP contribution is -2.50. The number of halogens is 2. The van der Waals surface area contributed by atoms with E-state index < -0.39 is 6.04 Å². The number of ether oxygens (including phenoxy) is 1. The molecule has 2 aromatic rings. The predicted octanol–water partition coefficient (Wildman–Crippen LogP) is 4.35. The minimum absolute atomic E-state index is 0.0165. The minimum Gasteiger partial charge on any atom is -0.383 e. The number of likely N-dealkylation sites (N-methyl/N-ethyl adjacent to an activating group) is 1. The first kappa shape index (κ1) is 32.2. The molecule has 1 saturated heterocycles. The summed E-state index contributed by atoms with van der Waals surface area (Å²) in [5.74, 6) is -0.150. The number of para-hydroxylation sites is 1. The third-order valence-corrected chi connectivity index (χ3v) is 7.93. The molecule has 0 bridgehead atoms. The Morgan fingerprint density at radius 1 is 1.07 bits per heavy atom. The molecular formula is C30H43Cl2N5O3. The van der Waals surface area contributed by atoms with Crippen LogP contribution in [0.25, 0.3) is 0 Å². The van der Waals surface area contributed by atoms with Crippen molar-refractivity contribution in [3.8, 4) is 0 Å². The largest absolute Gasteiger partial charge is 0.383 e. The first-order valence-electron chi connectivity index (χ1n) is 13.9. The number of nitrogens with zero attached hydrogens (tertiary/aromatic N) is 3. The molecule has 0 aromatic heterocycles. The molecule has 0 aliphatic carbocycles. The Morgan fingerprint density at radius 3 is 2.40 bits per heavy atom. The van der Waals surface area contributed by atoms with Crippen LogP contribution in [-0.4, -0.2) is 87.7 Å². The van der Waals surface area contributed by atoms with Gasteiger partial charge >= 0.3 is 0 Å². The van der Waals surface area contributed by atoms with E-state index in [-0.39, 0.29) is 30.3 Å². The lowest BCUT2D eigenvalue weighted by atomic mass is 10.0. The summed E-state index contributed by atoms with van der Waals surface area (Å²) in [6.07, 6.45) is 0.771. The van der Waals surface area contributed by atoms with E-state index in [1.807, 2.05) is 30.8 Å². The van der Waals surface area contributed by atoms with Gasteiger partial charge in [-0.15, -0.1) is 0 Å². The molecule has 40 heavy (non-hydrogen) atoms. The van der Waals surface area contributed by atoms with Crippen molar-refractivity contribution >= 4 is 40.7 Å². The SMILES string of the molecule is CCC(C(=O)NC(CC(=O)N1CCN(c2ccccc2CNC(C)COC)CC1)c1ccc(Cl)cc1Cl)N(C)C. The maximum absolute atomic E-state index is 13.5. The molecule has 3 unspecified atom stereocenters. The van der Waals surface area contributed by atoms with Gasteiger partial charge in [-0.2, -0.15) is 0 Å². The highest BCUT2D eigenvalue weighted by molar-refractivity contribution is 6.35. The second-order valence-electron chi connectivity index (χ2n) is 10.6. The van der Waals surface area contributed by atoms with E-state index in [0.29, 0.717) is 41.7 Å². The molecule has 1 fully saturated rings. The van der Waals surface area contributed by atoms with Gasteiger partial charge in [-0.3, -0.25) is 14.5 Å². The van der Waals surface area contributed by atoms with Gasteiger partial charge in [0, 0.05) is 61.6 Å². The molecule has 0 saturated carbocycles. The molecule has 220 valence electrons. The molecule has 1 aliphatic heterocycles. The number of methoxy groups -OCH3 is 1. The molecular weight excluding hydrogens is 549 g/mol. The van der Waals surface area contributed by atoms with Gasteiger partial charge in [-0.25, -0.2) is 0 Å². The summed E-state index contributed by atoms with van der Waals surface area (Å²) in [6.45, 7) is 8.13. The van der Waals surface area contributed by atoms with Crippen LogP contribution < -0.4 is 15.5 Å². The number of hydrogen-bond acceptors (Lipinski definition) is 6. The third kappa shape index (κ3) is 8.82. The van der Waals surface area contributed by atoms with Crippen LogP contribution in [0.3, 0.4) is 0 Å². The Bertz CT molecular complexity index is 1120. The molecule has 8 nitrogen and oxygen atoms in total. The summed E-state index contributed by atoms with van der Waals surface area (Å²) >= 11 is 12.7. The van der Waals surface area contributed by atoms with E-state index in [2.05, 4.69) is 46.7 Å². The highest BCUT2D eigenvalue weighted by Crippen LogP contribution is 2.30.